The number of aliphatic hydroxyl groups excluding tert-OH is 1. The first-order valence-corrected chi connectivity index (χ1v) is 9.53. The van der Waals surface area contributed by atoms with Gasteiger partial charge in [-0.3, -0.25) is 4.99 Å². The van der Waals surface area contributed by atoms with E-state index in [1.54, 1.807) is 0 Å². The molecule has 1 aliphatic rings. The summed E-state index contributed by atoms with van der Waals surface area (Å²) in [5.41, 5.74) is 2.11. The molecule has 148 valence electrons. The van der Waals surface area contributed by atoms with Crippen LogP contribution >= 0.6 is 24.0 Å². The lowest BCUT2D eigenvalue weighted by atomic mass is 10.0. The number of hydrogen-bond acceptors (Lipinski definition) is 3. The van der Waals surface area contributed by atoms with Crippen LogP contribution in [0.1, 0.15) is 50.8 Å². The molecule has 0 spiro atoms. The van der Waals surface area contributed by atoms with Crippen LogP contribution in [-0.2, 0) is 0 Å². The lowest BCUT2D eigenvalue weighted by Crippen LogP contribution is -2.50. The molecule has 6 heteroatoms. The molecule has 0 aliphatic carbocycles. The molecule has 1 aliphatic heterocycles. The molecule has 1 saturated heterocycles. The Labute approximate surface area is 175 Å². The van der Waals surface area contributed by atoms with Crippen molar-refractivity contribution >= 4 is 29.9 Å². The minimum absolute atomic E-state index is 0. The Kier molecular flexibility index (Phi) is 10.5. The summed E-state index contributed by atoms with van der Waals surface area (Å²) in [5, 5.41) is 17.2. The first-order valence-electron chi connectivity index (χ1n) is 9.53. The molecule has 0 radical (unpaired) electrons. The minimum Gasteiger partial charge on any atom is -0.386 e. The van der Waals surface area contributed by atoms with Gasteiger partial charge in [0.25, 0.3) is 0 Å². The van der Waals surface area contributed by atoms with Gasteiger partial charge >= 0.3 is 0 Å². The molecule has 2 rings (SSSR count). The molecule has 1 heterocycles. The number of nitrogens with one attached hydrogen (secondary N) is 2. The highest BCUT2D eigenvalue weighted by atomic mass is 127. The minimum atomic E-state index is -0.571. The zero-order valence-corrected chi connectivity index (χ0v) is 18.9. The summed E-state index contributed by atoms with van der Waals surface area (Å²) in [6, 6.07) is 9.05. The maximum Gasteiger partial charge on any atom is 0.191 e. The van der Waals surface area contributed by atoms with Crippen molar-refractivity contribution < 1.29 is 5.11 Å². The molecule has 1 aromatic carbocycles. The van der Waals surface area contributed by atoms with E-state index < -0.39 is 6.10 Å². The number of nitrogens with zero attached hydrogens (tertiary/aromatic N) is 2. The second-order valence-electron chi connectivity index (χ2n) is 7.19. The van der Waals surface area contributed by atoms with E-state index >= 15 is 0 Å². The van der Waals surface area contributed by atoms with Crippen LogP contribution < -0.4 is 10.6 Å². The van der Waals surface area contributed by atoms with E-state index in [9.17, 15) is 5.11 Å². The fraction of sp³-hybridized carbons (Fsp3) is 0.650. The van der Waals surface area contributed by atoms with E-state index in [2.05, 4.69) is 41.3 Å². The van der Waals surface area contributed by atoms with E-state index in [0.29, 0.717) is 18.6 Å². The lowest BCUT2D eigenvalue weighted by molar-refractivity contribution is 0.167. The third-order valence-corrected chi connectivity index (χ3v) is 4.83. The number of piperidine rings is 1. The van der Waals surface area contributed by atoms with Gasteiger partial charge in [0.05, 0.1) is 12.6 Å². The Morgan fingerprint density at radius 3 is 2.38 bits per heavy atom. The van der Waals surface area contributed by atoms with Gasteiger partial charge in [-0.2, -0.15) is 0 Å². The molecule has 0 saturated carbocycles. The van der Waals surface area contributed by atoms with Gasteiger partial charge in [-0.25, -0.2) is 0 Å². The zero-order valence-electron chi connectivity index (χ0n) is 16.5. The first-order chi connectivity index (χ1) is 12.0. The molecule has 1 aromatic rings. The summed E-state index contributed by atoms with van der Waals surface area (Å²) < 4.78 is 0. The molecule has 1 fully saturated rings. The van der Waals surface area contributed by atoms with Crippen LogP contribution in [0.4, 0.5) is 0 Å². The van der Waals surface area contributed by atoms with Gasteiger partial charge in [-0.1, -0.05) is 29.8 Å². The fourth-order valence-corrected chi connectivity index (χ4v) is 3.15. The summed E-state index contributed by atoms with van der Waals surface area (Å²) in [5.74, 6) is 0.802. The van der Waals surface area contributed by atoms with Crippen molar-refractivity contribution in [3.05, 3.63) is 35.4 Å². The number of likely N-dealkylation sites (tertiary alicyclic amines) is 1. The average molecular weight is 474 g/mol. The fourth-order valence-electron chi connectivity index (χ4n) is 3.15. The van der Waals surface area contributed by atoms with Gasteiger partial charge in [-0.05, 0) is 46.1 Å². The molecule has 1 unspecified atom stereocenters. The molecular weight excluding hydrogens is 439 g/mol. The van der Waals surface area contributed by atoms with Crippen LogP contribution in [0, 0.1) is 6.92 Å². The van der Waals surface area contributed by atoms with Crippen molar-refractivity contribution in [3.8, 4) is 0 Å². The standard InChI is InChI=1S/C20H34N4O.HI/c1-5-21-20(23-18-10-12-24(13-11-18)15(2)3)22-14-19(25)17-8-6-16(4)7-9-17;/h6-9,15,18-19,25H,5,10-14H2,1-4H3,(H2,21,22,23);1H. The first kappa shape index (κ1) is 23.2. The molecular formula is C20H35IN4O. The highest BCUT2D eigenvalue weighted by Gasteiger charge is 2.21. The molecule has 0 amide bonds. The monoisotopic (exact) mass is 474 g/mol. The molecule has 1 atom stereocenters. The number of guanidine groups is 1. The van der Waals surface area contributed by atoms with Crippen LogP contribution in [0.15, 0.2) is 29.3 Å². The smallest absolute Gasteiger partial charge is 0.191 e. The van der Waals surface area contributed by atoms with E-state index in [1.165, 1.54) is 5.56 Å². The predicted octanol–water partition coefficient (Wildman–Crippen LogP) is 3.07. The second kappa shape index (κ2) is 11.8. The summed E-state index contributed by atoms with van der Waals surface area (Å²) in [4.78, 5) is 7.11. The Bertz CT molecular complexity index is 539. The summed E-state index contributed by atoms with van der Waals surface area (Å²) in [6.45, 7) is 12.1. The molecule has 26 heavy (non-hydrogen) atoms. The van der Waals surface area contributed by atoms with Crippen molar-refractivity contribution in [2.75, 3.05) is 26.2 Å². The molecule has 5 nitrogen and oxygen atoms in total. The van der Waals surface area contributed by atoms with Gasteiger partial charge in [0.2, 0.25) is 0 Å². The Morgan fingerprint density at radius 2 is 1.85 bits per heavy atom. The van der Waals surface area contributed by atoms with Crippen LogP contribution in [0.25, 0.3) is 0 Å². The van der Waals surface area contributed by atoms with Gasteiger partial charge in [-0.15, -0.1) is 24.0 Å². The van der Waals surface area contributed by atoms with Crippen LogP contribution in [0.5, 0.6) is 0 Å². The molecule has 0 aromatic heterocycles. The maximum absolute atomic E-state index is 10.4. The van der Waals surface area contributed by atoms with Crippen molar-refractivity contribution in [3.63, 3.8) is 0 Å². The quantitative estimate of drug-likeness (QED) is 0.337. The number of aliphatic imine (C=N–C) groups is 1. The van der Waals surface area contributed by atoms with Crippen LogP contribution in [0.2, 0.25) is 0 Å². The maximum atomic E-state index is 10.4. The third kappa shape index (κ3) is 7.40. The average Bonchev–Trinajstić information content (AvgIpc) is 2.60. The second-order valence-corrected chi connectivity index (χ2v) is 7.19. The zero-order chi connectivity index (χ0) is 18.2. The highest BCUT2D eigenvalue weighted by Crippen LogP contribution is 2.15. The Balaban J connectivity index is 0.00000338. The van der Waals surface area contributed by atoms with E-state index in [4.69, 9.17) is 0 Å². The number of aryl methyl sites for hydroxylation is 1. The SMILES string of the molecule is CCNC(=NCC(O)c1ccc(C)cc1)NC1CCN(C(C)C)CC1.I. The Hall–Kier alpha value is -0.860. The summed E-state index contributed by atoms with van der Waals surface area (Å²) in [6.07, 6.45) is 1.69. The van der Waals surface area contributed by atoms with Crippen molar-refractivity contribution in [2.45, 2.75) is 58.7 Å². The van der Waals surface area contributed by atoms with Crippen molar-refractivity contribution in [2.24, 2.45) is 4.99 Å². The van der Waals surface area contributed by atoms with Gasteiger partial charge in [0.15, 0.2) is 5.96 Å². The number of rotatable bonds is 6. The van der Waals surface area contributed by atoms with E-state index in [-0.39, 0.29) is 24.0 Å². The third-order valence-electron chi connectivity index (χ3n) is 4.83. The molecule has 0 bridgehead atoms. The van der Waals surface area contributed by atoms with E-state index in [1.807, 2.05) is 31.2 Å². The van der Waals surface area contributed by atoms with Gasteiger partial charge in [0, 0.05) is 31.7 Å². The summed E-state index contributed by atoms with van der Waals surface area (Å²) in [7, 11) is 0. The largest absolute Gasteiger partial charge is 0.386 e. The predicted molar refractivity (Wildman–Crippen MR) is 120 cm³/mol. The number of benzene rings is 1. The summed E-state index contributed by atoms with van der Waals surface area (Å²) >= 11 is 0. The van der Waals surface area contributed by atoms with Crippen molar-refractivity contribution in [1.29, 1.82) is 0 Å². The lowest BCUT2D eigenvalue weighted by Gasteiger charge is -2.35. The van der Waals surface area contributed by atoms with Gasteiger partial charge in [0.1, 0.15) is 0 Å². The van der Waals surface area contributed by atoms with Crippen LogP contribution in [0.3, 0.4) is 0 Å². The van der Waals surface area contributed by atoms with Crippen LogP contribution in [-0.4, -0.2) is 54.2 Å². The van der Waals surface area contributed by atoms with Gasteiger partial charge < -0.3 is 20.6 Å². The Morgan fingerprint density at radius 1 is 1.23 bits per heavy atom. The number of halogens is 1. The molecule has 3 N–H and O–H groups in total. The number of hydrogen-bond donors (Lipinski definition) is 3. The van der Waals surface area contributed by atoms with E-state index in [0.717, 1.165) is 44.0 Å². The normalized spacial score (nSPS) is 17.7. The highest BCUT2D eigenvalue weighted by molar-refractivity contribution is 14.0. The number of aliphatic hydroxyl groups is 1. The topological polar surface area (TPSA) is 59.9 Å². The van der Waals surface area contributed by atoms with Crippen molar-refractivity contribution in [1.82, 2.24) is 15.5 Å².